The summed E-state index contributed by atoms with van der Waals surface area (Å²) in [5.74, 6) is -2.65. The van der Waals surface area contributed by atoms with E-state index in [1.807, 2.05) is 0 Å². The Morgan fingerprint density at radius 2 is 1.43 bits per heavy atom. The maximum Gasteiger partial charge on any atom is 0.403 e. The first-order valence-corrected chi connectivity index (χ1v) is 18.1. The predicted molar refractivity (Wildman–Crippen MR) is 212 cm³/mol. The topological polar surface area (TPSA) is 280 Å². The van der Waals surface area contributed by atoms with Crippen molar-refractivity contribution in [2.75, 3.05) is 20.8 Å². The molecule has 0 radical (unpaired) electrons. The molecule has 2 aliphatic rings. The predicted octanol–water partition coefficient (Wildman–Crippen LogP) is 4.78. The van der Waals surface area contributed by atoms with Crippen LogP contribution in [-0.2, 0) is 4.74 Å². The van der Waals surface area contributed by atoms with Gasteiger partial charge in [-0.05, 0) is 53.4 Å². The van der Waals surface area contributed by atoms with E-state index < -0.39 is 43.1 Å². The van der Waals surface area contributed by atoms with Gasteiger partial charge in [-0.3, -0.25) is 0 Å². The average molecular weight is 826 g/mol. The van der Waals surface area contributed by atoms with Crippen molar-refractivity contribution in [3.05, 3.63) is 83.6 Å². The lowest BCUT2D eigenvalue weighted by atomic mass is 9.95. The third kappa shape index (κ3) is 6.75. The van der Waals surface area contributed by atoms with Gasteiger partial charge in [-0.25, -0.2) is 4.42 Å². The summed E-state index contributed by atoms with van der Waals surface area (Å²) < 4.78 is 35.3. The molecule has 6 aromatic rings. The van der Waals surface area contributed by atoms with E-state index in [1.54, 1.807) is 0 Å². The van der Waals surface area contributed by atoms with Gasteiger partial charge in [0.2, 0.25) is 17.8 Å². The van der Waals surface area contributed by atoms with Crippen molar-refractivity contribution in [1.29, 1.82) is 0 Å². The molecule has 11 N–H and O–H groups in total. The summed E-state index contributed by atoms with van der Waals surface area (Å²) in [4.78, 5) is 0. The molecule has 17 nitrogen and oxygen atoms in total. The molecular formula is C43H37O17+. The van der Waals surface area contributed by atoms with Crippen molar-refractivity contribution in [3.63, 3.8) is 0 Å². The Kier molecular flexibility index (Phi) is 10.1. The molecule has 0 amide bonds. The number of phenolic OH excluding ortho intramolecular Hbond substituents is 7. The maximum absolute atomic E-state index is 11.1. The van der Waals surface area contributed by atoms with Gasteiger partial charge >= 0.3 is 11.3 Å². The van der Waals surface area contributed by atoms with E-state index >= 15 is 0 Å². The maximum atomic E-state index is 11.1. The number of aromatic hydroxyl groups is 7. The van der Waals surface area contributed by atoms with Crippen LogP contribution in [0.15, 0.2) is 76.9 Å². The highest BCUT2D eigenvalue weighted by Gasteiger charge is 2.46. The minimum absolute atomic E-state index is 0.0363. The van der Waals surface area contributed by atoms with Crippen molar-refractivity contribution >= 4 is 33.9 Å². The van der Waals surface area contributed by atoms with E-state index in [9.17, 15) is 56.2 Å². The smallest absolute Gasteiger partial charge is 0.403 e. The summed E-state index contributed by atoms with van der Waals surface area (Å²) in [6, 6.07) is 13.1. The molecule has 0 saturated carbocycles. The summed E-state index contributed by atoms with van der Waals surface area (Å²) >= 11 is 0. The van der Waals surface area contributed by atoms with Crippen LogP contribution in [0.5, 0.6) is 63.2 Å². The Morgan fingerprint density at radius 1 is 0.700 bits per heavy atom. The number of fused-ring (bicyclic) bond motifs is 1. The number of phenols is 7. The molecule has 17 heteroatoms. The van der Waals surface area contributed by atoms with Crippen LogP contribution in [0.25, 0.3) is 56.3 Å². The summed E-state index contributed by atoms with van der Waals surface area (Å²) in [5.41, 5.74) is 1.10. The zero-order valence-electron chi connectivity index (χ0n) is 31.5. The number of rotatable bonds is 9. The quantitative estimate of drug-likeness (QED) is 0.0691. The van der Waals surface area contributed by atoms with Gasteiger partial charge in [0, 0.05) is 40.8 Å². The molecular weight excluding hydrogens is 788 g/mol. The van der Waals surface area contributed by atoms with Gasteiger partial charge in [0.05, 0.1) is 38.0 Å². The van der Waals surface area contributed by atoms with Crippen LogP contribution in [0.2, 0.25) is 0 Å². The standard InChI is InChI=1S/C43H36O17/c1-55-33-8-18(9-34(56-2)37(33)51)41-42(60-43-40(54)39(53)38(52)35(16-44)59-43)25-12-20(57-31-10-19(45)11-32(58-41)36(25)31)4-5-21-23-13-22(17-3-6-26(46)30(50)7-17)27(47)14-24(23)29(49)15-28(21)48/h3-15,35,38-40,43-44,52-54H,16H2,1-2H3,(H6-,45,46,47,48,49,50,51)/p+1/b5-4+. The first kappa shape index (κ1) is 39.7. The van der Waals surface area contributed by atoms with Crippen LogP contribution in [-0.4, -0.2) is 108 Å². The number of ether oxygens (including phenoxy) is 5. The van der Waals surface area contributed by atoms with E-state index in [0.29, 0.717) is 5.56 Å². The SMILES string of the molecule is COc1cc(-c2[o+]c3cc(O)cc4c3c(c2OC2OC(CO)C(O)C(O)C2O)C=C(/C=C/c2c(O)cc(O)c3cc(O)c(-c5ccc(O)c(O)c5)cc23)O4)cc(OC)c1O. The number of hydrogen-bond acceptors (Lipinski definition) is 16. The molecule has 5 atom stereocenters. The molecule has 8 rings (SSSR count). The summed E-state index contributed by atoms with van der Waals surface area (Å²) in [6.07, 6.45) is -4.05. The Morgan fingerprint density at radius 3 is 2.12 bits per heavy atom. The van der Waals surface area contributed by atoms with Crippen LogP contribution < -0.4 is 18.9 Å². The van der Waals surface area contributed by atoms with Crippen LogP contribution in [0, 0.1) is 0 Å². The summed E-state index contributed by atoms with van der Waals surface area (Å²) in [7, 11) is 2.62. The molecule has 0 spiro atoms. The first-order chi connectivity index (χ1) is 28.7. The van der Waals surface area contributed by atoms with Gasteiger partial charge in [0.1, 0.15) is 64.3 Å². The summed E-state index contributed by atoms with van der Waals surface area (Å²) in [5, 5.41) is 117. The monoisotopic (exact) mass is 825 g/mol. The molecule has 5 aromatic carbocycles. The third-order valence-electron chi connectivity index (χ3n) is 10.3. The number of aliphatic hydroxyl groups excluding tert-OH is 4. The van der Waals surface area contributed by atoms with Crippen molar-refractivity contribution in [2.24, 2.45) is 0 Å². The molecule has 3 heterocycles. The second-order valence-corrected chi connectivity index (χ2v) is 14.0. The fraction of sp³-hybridized carbons (Fsp3) is 0.186. The molecule has 2 aliphatic heterocycles. The lowest BCUT2D eigenvalue weighted by Gasteiger charge is -2.39. The Hall–Kier alpha value is -7.15. The number of allylic oxidation sites excluding steroid dienone is 1. The molecule has 1 fully saturated rings. The third-order valence-corrected chi connectivity index (χ3v) is 10.3. The van der Waals surface area contributed by atoms with Crippen molar-refractivity contribution in [2.45, 2.75) is 30.7 Å². The minimum Gasteiger partial charge on any atom is -0.507 e. The second-order valence-electron chi connectivity index (χ2n) is 14.0. The highest BCUT2D eigenvalue weighted by atomic mass is 16.7. The molecule has 310 valence electrons. The fourth-order valence-corrected chi connectivity index (χ4v) is 7.23. The van der Waals surface area contributed by atoms with Gasteiger partial charge in [0.15, 0.2) is 23.0 Å². The number of methoxy groups -OCH3 is 2. The van der Waals surface area contributed by atoms with E-state index in [-0.39, 0.29) is 113 Å². The van der Waals surface area contributed by atoms with Gasteiger partial charge in [-0.2, -0.15) is 0 Å². The molecule has 1 saturated heterocycles. The molecule has 5 unspecified atom stereocenters. The van der Waals surface area contributed by atoms with Crippen LogP contribution >= 0.6 is 0 Å². The highest BCUT2D eigenvalue weighted by Crippen LogP contribution is 2.51. The normalized spacial score (nSPS) is 20.0. The molecule has 1 aromatic heterocycles. The second kappa shape index (κ2) is 15.2. The van der Waals surface area contributed by atoms with E-state index in [0.717, 1.165) is 6.07 Å². The van der Waals surface area contributed by atoms with E-state index in [1.165, 1.54) is 87.0 Å². The Balaban J connectivity index is 1.33. The van der Waals surface area contributed by atoms with Crippen molar-refractivity contribution < 1.29 is 84.3 Å². The van der Waals surface area contributed by atoms with E-state index in [2.05, 4.69) is 0 Å². The highest BCUT2D eigenvalue weighted by molar-refractivity contribution is 6.02. The summed E-state index contributed by atoms with van der Waals surface area (Å²) in [6.45, 7) is -0.748. The molecule has 0 bridgehead atoms. The van der Waals surface area contributed by atoms with Crippen molar-refractivity contribution in [3.8, 4) is 85.7 Å². The minimum atomic E-state index is -1.86. The molecule has 60 heavy (non-hydrogen) atoms. The average Bonchev–Trinajstić information content (AvgIpc) is 3.22. The van der Waals surface area contributed by atoms with Crippen LogP contribution in [0.1, 0.15) is 11.1 Å². The molecule has 0 aliphatic carbocycles. The Bertz CT molecular complexity index is 2730. The van der Waals surface area contributed by atoms with E-state index in [4.69, 9.17) is 28.1 Å². The lowest BCUT2D eigenvalue weighted by Crippen LogP contribution is -2.60. The van der Waals surface area contributed by atoms with Gasteiger partial charge in [-0.15, -0.1) is 0 Å². The number of aliphatic hydroxyl groups is 4. The number of hydrogen-bond donors (Lipinski definition) is 11. The van der Waals surface area contributed by atoms with Crippen LogP contribution in [0.3, 0.4) is 0 Å². The van der Waals surface area contributed by atoms with Gasteiger partial charge < -0.3 is 79.9 Å². The first-order valence-electron chi connectivity index (χ1n) is 18.1. The zero-order valence-corrected chi connectivity index (χ0v) is 31.5. The number of benzene rings is 5. The van der Waals surface area contributed by atoms with Gasteiger partial charge in [-0.1, -0.05) is 6.07 Å². The van der Waals surface area contributed by atoms with Gasteiger partial charge in [0.25, 0.3) is 0 Å². The van der Waals surface area contributed by atoms with Crippen LogP contribution in [0.4, 0.5) is 0 Å². The fourth-order valence-electron chi connectivity index (χ4n) is 7.23. The van der Waals surface area contributed by atoms with Crippen molar-refractivity contribution in [1.82, 2.24) is 0 Å². The lowest BCUT2D eigenvalue weighted by molar-refractivity contribution is -0.277. The largest absolute Gasteiger partial charge is 0.507 e. The zero-order chi connectivity index (χ0) is 42.7. The Labute approximate surface area is 338 Å².